The zero-order valence-corrected chi connectivity index (χ0v) is 16.8. The molecule has 7 heteroatoms. The Morgan fingerprint density at radius 1 is 1.31 bits per heavy atom. The first kappa shape index (κ1) is 20.7. The van der Waals surface area contributed by atoms with Gasteiger partial charge in [0.15, 0.2) is 0 Å². The molecule has 0 unspecified atom stereocenters. The fourth-order valence-corrected chi connectivity index (χ4v) is 3.57. The Bertz CT molecular complexity index is 555. The third-order valence-corrected chi connectivity index (χ3v) is 4.75. The van der Waals surface area contributed by atoms with Crippen LogP contribution in [-0.4, -0.2) is 59.0 Å². The lowest BCUT2D eigenvalue weighted by Crippen LogP contribution is -2.70. The van der Waals surface area contributed by atoms with Crippen molar-refractivity contribution in [3.05, 3.63) is 0 Å². The van der Waals surface area contributed by atoms with E-state index >= 15 is 0 Å². The van der Waals surface area contributed by atoms with Crippen LogP contribution < -0.4 is 10.6 Å². The van der Waals surface area contributed by atoms with Gasteiger partial charge in [0.25, 0.3) is 0 Å². The van der Waals surface area contributed by atoms with Gasteiger partial charge in [-0.25, -0.2) is 4.79 Å². The maximum atomic E-state index is 12.9. The molecule has 2 aliphatic rings. The fourth-order valence-electron chi connectivity index (χ4n) is 3.57. The van der Waals surface area contributed by atoms with Crippen LogP contribution in [-0.2, 0) is 19.1 Å². The topological polar surface area (TPSA) is 87.7 Å². The van der Waals surface area contributed by atoms with Gasteiger partial charge in [-0.15, -0.1) is 0 Å². The zero-order valence-electron chi connectivity index (χ0n) is 16.8. The van der Waals surface area contributed by atoms with Crippen molar-refractivity contribution in [2.75, 3.05) is 6.54 Å². The molecule has 2 aliphatic heterocycles. The lowest BCUT2D eigenvalue weighted by atomic mass is 9.90. The van der Waals surface area contributed by atoms with Crippen LogP contribution in [0.4, 0.5) is 0 Å². The first-order valence-electron chi connectivity index (χ1n) is 9.59. The van der Waals surface area contributed by atoms with E-state index in [1.54, 1.807) is 11.8 Å². The summed E-state index contributed by atoms with van der Waals surface area (Å²) in [6.07, 6.45) is 2.27. The zero-order chi connectivity index (χ0) is 19.6. The second-order valence-electron chi connectivity index (χ2n) is 8.83. The van der Waals surface area contributed by atoms with E-state index in [1.165, 1.54) is 0 Å². The van der Waals surface area contributed by atoms with Crippen LogP contribution in [0.1, 0.15) is 60.8 Å². The fraction of sp³-hybridized carbons (Fsp3) is 0.842. The molecule has 148 valence electrons. The van der Waals surface area contributed by atoms with Gasteiger partial charge in [-0.1, -0.05) is 13.8 Å². The van der Waals surface area contributed by atoms with E-state index in [4.69, 9.17) is 4.74 Å². The van der Waals surface area contributed by atoms with Crippen LogP contribution >= 0.6 is 0 Å². The maximum Gasteiger partial charge on any atom is 0.329 e. The Morgan fingerprint density at radius 3 is 2.50 bits per heavy atom. The lowest BCUT2D eigenvalue weighted by Gasteiger charge is -2.40. The Morgan fingerprint density at radius 2 is 1.96 bits per heavy atom. The number of ether oxygens (including phenoxy) is 1. The molecule has 0 radical (unpaired) electrons. The van der Waals surface area contributed by atoms with E-state index in [9.17, 15) is 14.4 Å². The number of rotatable bonds is 6. The van der Waals surface area contributed by atoms with Crippen LogP contribution in [0, 0.1) is 5.92 Å². The van der Waals surface area contributed by atoms with E-state index in [0.29, 0.717) is 18.9 Å². The van der Waals surface area contributed by atoms with E-state index in [-0.39, 0.29) is 29.9 Å². The molecular weight excluding hydrogens is 334 g/mol. The van der Waals surface area contributed by atoms with Crippen molar-refractivity contribution in [1.29, 1.82) is 0 Å². The molecule has 2 amide bonds. The highest BCUT2D eigenvalue weighted by atomic mass is 16.6. The van der Waals surface area contributed by atoms with Gasteiger partial charge in [0.1, 0.15) is 17.7 Å². The number of nitrogens with one attached hydrogen (secondary N) is 2. The van der Waals surface area contributed by atoms with Gasteiger partial charge in [-0.2, -0.15) is 0 Å². The number of nitrogens with zero attached hydrogens (tertiary/aromatic N) is 1. The number of hydrogen-bond donors (Lipinski definition) is 2. The molecule has 0 spiro atoms. The molecule has 2 rings (SSSR count). The number of β-lactam (4-membered cyclic amide) rings is 1. The van der Waals surface area contributed by atoms with E-state index < -0.39 is 17.7 Å². The highest BCUT2D eigenvalue weighted by molar-refractivity contribution is 5.91. The summed E-state index contributed by atoms with van der Waals surface area (Å²) >= 11 is 0. The van der Waals surface area contributed by atoms with Crippen LogP contribution in [0.2, 0.25) is 0 Å². The largest absolute Gasteiger partial charge is 0.458 e. The van der Waals surface area contributed by atoms with Gasteiger partial charge in [0, 0.05) is 6.54 Å². The van der Waals surface area contributed by atoms with Crippen molar-refractivity contribution in [1.82, 2.24) is 15.5 Å². The minimum atomic E-state index is -0.577. The quantitative estimate of drug-likeness (QED) is 0.544. The first-order valence-corrected chi connectivity index (χ1v) is 9.59. The molecule has 2 heterocycles. The predicted molar refractivity (Wildman–Crippen MR) is 98.4 cm³/mol. The Balaban J connectivity index is 1.96. The standard InChI is InChI=1S/C19H33N3O4/c1-11(2)10-13-15(16(23)21-13)20-12(3)17(24)22-9-7-8-14(22)18(25)26-19(4,5)6/h11-15,20H,7-10H2,1-6H3,(H,21,23)/t12-,13+,14-,15+/m0/s1. The summed E-state index contributed by atoms with van der Waals surface area (Å²) in [7, 11) is 0. The second-order valence-corrected chi connectivity index (χ2v) is 8.83. The highest BCUT2D eigenvalue weighted by Gasteiger charge is 2.43. The molecular formula is C19H33N3O4. The van der Waals surface area contributed by atoms with Gasteiger partial charge >= 0.3 is 5.97 Å². The number of esters is 1. The van der Waals surface area contributed by atoms with Crippen molar-refractivity contribution in [3.63, 3.8) is 0 Å². The number of carbonyl (C=O) groups is 3. The van der Waals surface area contributed by atoms with Crippen molar-refractivity contribution >= 4 is 17.8 Å². The lowest BCUT2D eigenvalue weighted by molar-refractivity contribution is -0.163. The van der Waals surface area contributed by atoms with E-state index in [2.05, 4.69) is 24.5 Å². The number of carbonyl (C=O) groups excluding carboxylic acids is 3. The van der Waals surface area contributed by atoms with Gasteiger partial charge in [-0.05, 0) is 52.9 Å². The molecule has 2 saturated heterocycles. The van der Waals surface area contributed by atoms with Crippen molar-refractivity contribution in [3.8, 4) is 0 Å². The van der Waals surface area contributed by atoms with Crippen LogP contribution in [0.25, 0.3) is 0 Å². The molecule has 0 aromatic heterocycles. The second kappa shape index (κ2) is 7.94. The molecule has 0 saturated carbocycles. The normalized spacial score (nSPS) is 27.1. The van der Waals surface area contributed by atoms with Gasteiger partial charge < -0.3 is 15.0 Å². The monoisotopic (exact) mass is 367 g/mol. The Labute approximate surface area is 156 Å². The third-order valence-electron chi connectivity index (χ3n) is 4.75. The maximum absolute atomic E-state index is 12.9. The van der Waals surface area contributed by atoms with Crippen LogP contribution in [0.15, 0.2) is 0 Å². The molecule has 2 N–H and O–H groups in total. The Kier molecular flexibility index (Phi) is 6.32. The van der Waals surface area contributed by atoms with E-state index in [0.717, 1.165) is 12.8 Å². The molecule has 2 fully saturated rings. The van der Waals surface area contributed by atoms with Gasteiger partial charge in [0.2, 0.25) is 11.8 Å². The summed E-state index contributed by atoms with van der Waals surface area (Å²) < 4.78 is 5.46. The minimum absolute atomic E-state index is 0.0537. The van der Waals surface area contributed by atoms with Crippen LogP contribution in [0.3, 0.4) is 0 Å². The summed E-state index contributed by atoms with van der Waals surface area (Å²) in [5.41, 5.74) is -0.577. The average Bonchev–Trinajstić information content (AvgIpc) is 2.98. The van der Waals surface area contributed by atoms with Gasteiger partial charge in [-0.3, -0.25) is 14.9 Å². The molecule has 0 aromatic rings. The molecule has 7 nitrogen and oxygen atoms in total. The van der Waals surface area contributed by atoms with Crippen molar-refractivity contribution in [2.45, 2.75) is 90.6 Å². The molecule has 0 bridgehead atoms. The van der Waals surface area contributed by atoms with Crippen molar-refractivity contribution in [2.24, 2.45) is 5.92 Å². The number of likely N-dealkylation sites (tertiary alicyclic amines) is 1. The minimum Gasteiger partial charge on any atom is -0.458 e. The predicted octanol–water partition coefficient (Wildman–Crippen LogP) is 1.21. The number of amides is 2. The van der Waals surface area contributed by atoms with Crippen LogP contribution in [0.5, 0.6) is 0 Å². The summed E-state index contributed by atoms with van der Waals surface area (Å²) in [5.74, 6) is -0.109. The van der Waals surface area contributed by atoms with Crippen molar-refractivity contribution < 1.29 is 19.1 Å². The molecule has 0 aliphatic carbocycles. The third kappa shape index (κ3) is 4.96. The number of hydrogen-bond acceptors (Lipinski definition) is 5. The summed E-state index contributed by atoms with van der Waals surface area (Å²) in [4.78, 5) is 38.7. The SMILES string of the molecule is CC(C)C[C@H]1NC(=O)[C@@H]1N[C@@H](C)C(=O)N1CCC[C@H]1C(=O)OC(C)(C)C. The summed E-state index contributed by atoms with van der Waals surface area (Å²) in [6.45, 7) is 12.0. The summed E-state index contributed by atoms with van der Waals surface area (Å²) in [5, 5.41) is 6.04. The van der Waals surface area contributed by atoms with Gasteiger partial charge in [0.05, 0.1) is 12.1 Å². The highest BCUT2D eigenvalue weighted by Crippen LogP contribution is 2.23. The summed E-state index contributed by atoms with van der Waals surface area (Å²) in [6, 6.07) is -1.35. The molecule has 0 aromatic carbocycles. The smallest absolute Gasteiger partial charge is 0.329 e. The Hall–Kier alpha value is -1.63. The molecule has 26 heavy (non-hydrogen) atoms. The first-order chi connectivity index (χ1) is 12.0. The van der Waals surface area contributed by atoms with E-state index in [1.807, 2.05) is 20.8 Å². The average molecular weight is 367 g/mol. The molecule has 4 atom stereocenters.